The van der Waals surface area contributed by atoms with E-state index >= 15 is 0 Å². The molecule has 0 bridgehead atoms. The zero-order valence-corrected chi connectivity index (χ0v) is 15.9. The van der Waals surface area contributed by atoms with Crippen LogP contribution in [-0.4, -0.2) is 20.1 Å². The van der Waals surface area contributed by atoms with E-state index in [0.717, 1.165) is 17.7 Å². The van der Waals surface area contributed by atoms with Gasteiger partial charge in [0, 0.05) is 11.1 Å². The maximum Gasteiger partial charge on any atom is 0.416 e. The minimum atomic E-state index is -4.48. The number of phenols is 1. The smallest absolute Gasteiger partial charge is 0.416 e. The first kappa shape index (κ1) is 19.6. The lowest BCUT2D eigenvalue weighted by atomic mass is 10.1. The molecule has 7 heteroatoms. The van der Waals surface area contributed by atoms with Gasteiger partial charge < -0.3 is 5.11 Å². The summed E-state index contributed by atoms with van der Waals surface area (Å²) in [6, 6.07) is 18.9. The second-order valence-electron chi connectivity index (χ2n) is 6.77. The third-order valence-electron chi connectivity index (χ3n) is 4.51. The number of benzene rings is 3. The number of nitrogens with zero attached hydrogens (tertiary/aromatic N) is 3. The number of phenolic OH excluding ortho intramolecular Hbond substituents is 1. The third-order valence-corrected chi connectivity index (χ3v) is 4.51. The molecule has 0 radical (unpaired) electrons. The number of rotatable bonds is 3. The maximum atomic E-state index is 13.2. The molecule has 3 aromatic carbocycles. The van der Waals surface area contributed by atoms with Crippen molar-refractivity contribution in [2.75, 3.05) is 0 Å². The molecule has 0 fully saturated rings. The third kappa shape index (κ3) is 4.00. The number of halogens is 3. The summed E-state index contributed by atoms with van der Waals surface area (Å²) in [6.07, 6.45) is -4.48. The lowest BCUT2D eigenvalue weighted by molar-refractivity contribution is -0.137. The van der Waals surface area contributed by atoms with Gasteiger partial charge >= 0.3 is 6.18 Å². The summed E-state index contributed by atoms with van der Waals surface area (Å²) in [5.74, 6) is 0.543. The molecule has 0 atom stereocenters. The molecular formula is C23H16F3N3O. The molecule has 1 heterocycles. The Morgan fingerprint density at radius 2 is 1.33 bits per heavy atom. The van der Waals surface area contributed by atoms with Crippen LogP contribution in [0.2, 0.25) is 0 Å². The van der Waals surface area contributed by atoms with Crippen LogP contribution < -0.4 is 0 Å². The summed E-state index contributed by atoms with van der Waals surface area (Å²) in [4.78, 5) is 13.2. The second-order valence-corrected chi connectivity index (χ2v) is 6.77. The lowest BCUT2D eigenvalue weighted by Crippen LogP contribution is -2.05. The predicted octanol–water partition coefficient (Wildman–Crippen LogP) is 5.91. The van der Waals surface area contributed by atoms with E-state index in [1.807, 2.05) is 25.1 Å². The van der Waals surface area contributed by atoms with Gasteiger partial charge in [-0.3, -0.25) is 0 Å². The van der Waals surface area contributed by atoms with Crippen molar-refractivity contribution in [3.05, 3.63) is 83.9 Å². The van der Waals surface area contributed by atoms with E-state index in [2.05, 4.69) is 15.0 Å². The minimum absolute atomic E-state index is 0.0183. The summed E-state index contributed by atoms with van der Waals surface area (Å²) in [7, 11) is 0. The molecule has 150 valence electrons. The van der Waals surface area contributed by atoms with Gasteiger partial charge in [-0.15, -0.1) is 0 Å². The van der Waals surface area contributed by atoms with Crippen LogP contribution in [0.15, 0.2) is 72.8 Å². The summed E-state index contributed by atoms with van der Waals surface area (Å²) >= 11 is 0. The molecule has 0 aliphatic carbocycles. The average Bonchev–Trinajstić information content (AvgIpc) is 2.73. The molecule has 0 aliphatic rings. The first-order valence-corrected chi connectivity index (χ1v) is 9.10. The van der Waals surface area contributed by atoms with E-state index in [1.165, 1.54) is 12.1 Å². The molecule has 0 spiro atoms. The number of hydrogen-bond acceptors (Lipinski definition) is 4. The Hall–Kier alpha value is -3.74. The highest BCUT2D eigenvalue weighted by Crippen LogP contribution is 2.33. The van der Waals surface area contributed by atoms with E-state index in [1.54, 1.807) is 30.3 Å². The number of alkyl halides is 3. The quantitative estimate of drug-likeness (QED) is 0.459. The molecule has 1 N–H and O–H groups in total. The van der Waals surface area contributed by atoms with E-state index < -0.39 is 11.7 Å². The standard InChI is InChI=1S/C23H16F3N3O/c1-14-10-11-18(19(30)12-14)22-28-20(15-6-3-2-4-7-15)27-21(29-22)16-8-5-9-17(13-16)23(24,25)26/h2-13,30H,1H3. The maximum absolute atomic E-state index is 13.2. The van der Waals surface area contributed by atoms with Crippen LogP contribution in [0.25, 0.3) is 34.2 Å². The number of aromatic hydroxyl groups is 1. The van der Waals surface area contributed by atoms with Crippen molar-refractivity contribution in [3.8, 4) is 39.9 Å². The number of aromatic nitrogens is 3. The second kappa shape index (κ2) is 7.59. The van der Waals surface area contributed by atoms with E-state index in [4.69, 9.17) is 0 Å². The fraction of sp³-hybridized carbons (Fsp3) is 0.0870. The van der Waals surface area contributed by atoms with Gasteiger partial charge in [-0.2, -0.15) is 13.2 Å². The first-order chi connectivity index (χ1) is 14.3. The van der Waals surface area contributed by atoms with Crippen molar-refractivity contribution in [1.82, 2.24) is 15.0 Å². The van der Waals surface area contributed by atoms with Gasteiger partial charge in [0.15, 0.2) is 17.5 Å². The Morgan fingerprint density at radius 3 is 2.00 bits per heavy atom. The van der Waals surface area contributed by atoms with E-state index in [0.29, 0.717) is 17.0 Å². The lowest BCUT2D eigenvalue weighted by Gasteiger charge is -2.11. The van der Waals surface area contributed by atoms with Crippen molar-refractivity contribution >= 4 is 0 Å². The van der Waals surface area contributed by atoms with Gasteiger partial charge in [0.05, 0.1) is 11.1 Å². The molecular weight excluding hydrogens is 391 g/mol. The van der Waals surface area contributed by atoms with Gasteiger partial charge in [0.2, 0.25) is 0 Å². The highest BCUT2D eigenvalue weighted by molar-refractivity contribution is 5.70. The summed E-state index contributed by atoms with van der Waals surface area (Å²) < 4.78 is 39.5. The Labute approximate surface area is 170 Å². The van der Waals surface area contributed by atoms with Crippen LogP contribution in [-0.2, 0) is 6.18 Å². The van der Waals surface area contributed by atoms with Gasteiger partial charge in [0.1, 0.15) is 5.75 Å². The Bertz CT molecular complexity index is 1210. The van der Waals surface area contributed by atoms with Crippen molar-refractivity contribution in [3.63, 3.8) is 0 Å². The van der Waals surface area contributed by atoms with Crippen LogP contribution in [0.4, 0.5) is 13.2 Å². The van der Waals surface area contributed by atoms with Crippen molar-refractivity contribution < 1.29 is 18.3 Å². The molecule has 0 unspecified atom stereocenters. The molecule has 4 nitrogen and oxygen atoms in total. The van der Waals surface area contributed by atoms with Crippen molar-refractivity contribution in [2.24, 2.45) is 0 Å². The highest BCUT2D eigenvalue weighted by Gasteiger charge is 2.30. The molecule has 1 aromatic heterocycles. The predicted molar refractivity (Wildman–Crippen MR) is 108 cm³/mol. The first-order valence-electron chi connectivity index (χ1n) is 9.10. The minimum Gasteiger partial charge on any atom is -0.507 e. The zero-order valence-electron chi connectivity index (χ0n) is 15.9. The zero-order chi connectivity index (χ0) is 21.3. The molecule has 0 saturated carbocycles. The number of aryl methyl sites for hydroxylation is 1. The topological polar surface area (TPSA) is 58.9 Å². The summed E-state index contributed by atoms with van der Waals surface area (Å²) in [5, 5.41) is 10.4. The van der Waals surface area contributed by atoms with E-state index in [-0.39, 0.29) is 23.0 Å². The van der Waals surface area contributed by atoms with Crippen molar-refractivity contribution in [2.45, 2.75) is 13.1 Å². The fourth-order valence-electron chi connectivity index (χ4n) is 3.01. The molecule has 4 rings (SSSR count). The Morgan fingerprint density at radius 1 is 0.700 bits per heavy atom. The molecule has 4 aromatic rings. The van der Waals surface area contributed by atoms with Crippen LogP contribution in [0.1, 0.15) is 11.1 Å². The van der Waals surface area contributed by atoms with Crippen LogP contribution >= 0.6 is 0 Å². The van der Waals surface area contributed by atoms with Gasteiger partial charge in [-0.05, 0) is 36.8 Å². The Balaban J connectivity index is 1.93. The average molecular weight is 407 g/mol. The van der Waals surface area contributed by atoms with Gasteiger partial charge in [0.25, 0.3) is 0 Å². The molecule has 0 aliphatic heterocycles. The molecule has 30 heavy (non-hydrogen) atoms. The fourth-order valence-corrected chi connectivity index (χ4v) is 3.01. The van der Waals surface area contributed by atoms with Gasteiger partial charge in [-0.25, -0.2) is 15.0 Å². The Kier molecular flexibility index (Phi) is 4.95. The van der Waals surface area contributed by atoms with Crippen molar-refractivity contribution in [1.29, 1.82) is 0 Å². The van der Waals surface area contributed by atoms with Crippen LogP contribution in [0.3, 0.4) is 0 Å². The summed E-state index contributed by atoms with van der Waals surface area (Å²) in [6.45, 7) is 1.83. The SMILES string of the molecule is Cc1ccc(-c2nc(-c3ccccc3)nc(-c3cccc(C(F)(F)F)c3)n2)c(O)c1. The molecule has 0 amide bonds. The monoisotopic (exact) mass is 407 g/mol. The van der Waals surface area contributed by atoms with Gasteiger partial charge in [-0.1, -0.05) is 48.5 Å². The summed E-state index contributed by atoms with van der Waals surface area (Å²) in [5.41, 5.74) is 1.32. The normalized spacial score (nSPS) is 11.5. The largest absolute Gasteiger partial charge is 0.507 e. The molecule has 0 saturated heterocycles. The van der Waals surface area contributed by atoms with Crippen LogP contribution in [0.5, 0.6) is 5.75 Å². The number of hydrogen-bond donors (Lipinski definition) is 1. The highest BCUT2D eigenvalue weighted by atomic mass is 19.4. The van der Waals surface area contributed by atoms with Crippen LogP contribution in [0, 0.1) is 6.92 Å². The van der Waals surface area contributed by atoms with E-state index in [9.17, 15) is 18.3 Å².